The van der Waals surface area contributed by atoms with Gasteiger partial charge in [0.15, 0.2) is 0 Å². The van der Waals surface area contributed by atoms with Gasteiger partial charge in [-0.2, -0.15) is 0 Å². The van der Waals surface area contributed by atoms with Crippen molar-refractivity contribution in [3.05, 3.63) is 34.3 Å². The number of amides is 2. The number of hydrogen-bond acceptors (Lipinski definition) is 6. The van der Waals surface area contributed by atoms with Crippen LogP contribution in [0.15, 0.2) is 28.7 Å². The molecule has 0 spiro atoms. The number of carbonyl (C=O) groups excluding carboxylic acids is 2. The molecular formula is C17H25BrN2O6. The lowest BCUT2D eigenvalue weighted by atomic mass is 10.00. The summed E-state index contributed by atoms with van der Waals surface area (Å²) < 4.78 is 16.4. The number of hydrogen-bond donors (Lipinski definition) is 3. The van der Waals surface area contributed by atoms with Crippen LogP contribution in [0.2, 0.25) is 0 Å². The minimum atomic E-state index is -0.643. The third-order valence-corrected chi connectivity index (χ3v) is 4.08. The predicted octanol–water partition coefficient (Wildman–Crippen LogP) is 1.72. The van der Waals surface area contributed by atoms with E-state index in [0.717, 1.165) is 4.47 Å². The van der Waals surface area contributed by atoms with Crippen LogP contribution in [0.25, 0.3) is 0 Å². The maximum atomic E-state index is 12.4. The maximum absolute atomic E-state index is 12.4. The first-order chi connectivity index (χ1) is 12.5. The van der Waals surface area contributed by atoms with Gasteiger partial charge < -0.3 is 19.5 Å². The first kappa shape index (κ1) is 22.5. The normalized spacial score (nSPS) is 13.1. The smallest absolute Gasteiger partial charge is 0.251 e. The van der Waals surface area contributed by atoms with Gasteiger partial charge in [0, 0.05) is 23.8 Å². The lowest BCUT2D eigenvalue weighted by molar-refractivity contribution is -0.135. The molecule has 2 amide bonds. The average Bonchev–Trinajstić information content (AvgIpc) is 2.64. The summed E-state index contributed by atoms with van der Waals surface area (Å²) in [6, 6.07) is 6.43. The van der Waals surface area contributed by atoms with Crippen LogP contribution in [-0.2, 0) is 19.0 Å². The summed E-state index contributed by atoms with van der Waals surface area (Å²) in [5.74, 6) is -1.52. The summed E-state index contributed by atoms with van der Waals surface area (Å²) in [5, 5.41) is 11.7. The van der Waals surface area contributed by atoms with Gasteiger partial charge in [0.1, 0.15) is 6.79 Å². The lowest BCUT2D eigenvalue weighted by Gasteiger charge is -2.23. The second kappa shape index (κ2) is 12.8. The number of ether oxygens (including phenoxy) is 3. The van der Waals surface area contributed by atoms with Gasteiger partial charge in [-0.15, -0.1) is 0 Å². The molecule has 1 aromatic rings. The SMILES string of the molecule is CCOCOCC(CC(COC)C(=O)NO)NC(=O)c1ccc(Br)cc1. The third-order valence-electron chi connectivity index (χ3n) is 3.55. The molecule has 1 rings (SSSR count). The van der Waals surface area contributed by atoms with Crippen LogP contribution in [0.5, 0.6) is 0 Å². The number of methoxy groups -OCH3 is 1. The Balaban J connectivity index is 2.76. The highest BCUT2D eigenvalue weighted by atomic mass is 79.9. The topological polar surface area (TPSA) is 106 Å². The largest absolute Gasteiger partial charge is 0.384 e. The Morgan fingerprint density at radius 3 is 2.46 bits per heavy atom. The van der Waals surface area contributed by atoms with E-state index < -0.39 is 17.9 Å². The Morgan fingerprint density at radius 1 is 1.19 bits per heavy atom. The molecule has 0 saturated carbocycles. The van der Waals surface area contributed by atoms with Gasteiger partial charge in [-0.25, -0.2) is 5.48 Å². The quantitative estimate of drug-likeness (QED) is 0.201. The van der Waals surface area contributed by atoms with Crippen LogP contribution in [0, 0.1) is 5.92 Å². The summed E-state index contributed by atoms with van der Waals surface area (Å²) >= 11 is 3.32. The Labute approximate surface area is 161 Å². The van der Waals surface area contributed by atoms with Crippen molar-refractivity contribution in [3.8, 4) is 0 Å². The van der Waals surface area contributed by atoms with E-state index >= 15 is 0 Å². The summed E-state index contributed by atoms with van der Waals surface area (Å²) in [6.07, 6.45) is 0.231. The summed E-state index contributed by atoms with van der Waals surface area (Å²) in [6.45, 7) is 2.69. The van der Waals surface area contributed by atoms with Gasteiger partial charge in [-0.1, -0.05) is 15.9 Å². The highest BCUT2D eigenvalue weighted by Gasteiger charge is 2.24. The highest BCUT2D eigenvalue weighted by Crippen LogP contribution is 2.13. The molecule has 146 valence electrons. The van der Waals surface area contributed by atoms with Crippen molar-refractivity contribution < 1.29 is 29.0 Å². The molecule has 2 unspecified atom stereocenters. The fourth-order valence-electron chi connectivity index (χ4n) is 2.26. The Morgan fingerprint density at radius 2 is 1.88 bits per heavy atom. The second-order valence-electron chi connectivity index (χ2n) is 5.52. The number of hydroxylamine groups is 1. The van der Waals surface area contributed by atoms with Gasteiger partial charge in [-0.3, -0.25) is 14.8 Å². The molecule has 0 fully saturated rings. The van der Waals surface area contributed by atoms with Crippen LogP contribution >= 0.6 is 15.9 Å². The Bertz CT molecular complexity index is 555. The van der Waals surface area contributed by atoms with Crippen molar-refractivity contribution in [2.24, 2.45) is 5.92 Å². The molecule has 0 heterocycles. The highest BCUT2D eigenvalue weighted by molar-refractivity contribution is 9.10. The van der Waals surface area contributed by atoms with Crippen molar-refractivity contribution in [1.29, 1.82) is 0 Å². The molecule has 9 heteroatoms. The standard InChI is InChI=1S/C17H25BrN2O6/c1-3-25-11-26-10-15(8-13(9-24-2)17(22)20-23)19-16(21)12-4-6-14(18)7-5-12/h4-7,13,15,23H,3,8-11H2,1-2H3,(H,19,21)(H,20,22). The third kappa shape index (κ3) is 8.24. The van der Waals surface area contributed by atoms with Crippen LogP contribution in [-0.4, -0.2) is 56.8 Å². The van der Waals surface area contributed by atoms with Crippen molar-refractivity contribution in [2.45, 2.75) is 19.4 Å². The van der Waals surface area contributed by atoms with Crippen LogP contribution in [0.4, 0.5) is 0 Å². The summed E-state index contributed by atoms with van der Waals surface area (Å²) in [7, 11) is 1.46. The van der Waals surface area contributed by atoms with Gasteiger partial charge >= 0.3 is 0 Å². The van der Waals surface area contributed by atoms with Gasteiger partial charge in [0.2, 0.25) is 5.91 Å². The molecule has 2 atom stereocenters. The molecular weight excluding hydrogens is 408 g/mol. The maximum Gasteiger partial charge on any atom is 0.251 e. The minimum Gasteiger partial charge on any atom is -0.384 e. The molecule has 0 saturated heterocycles. The molecule has 0 bridgehead atoms. The number of benzene rings is 1. The molecule has 26 heavy (non-hydrogen) atoms. The average molecular weight is 433 g/mol. The van der Waals surface area contributed by atoms with E-state index in [2.05, 4.69) is 21.2 Å². The fourth-order valence-corrected chi connectivity index (χ4v) is 2.52. The second-order valence-corrected chi connectivity index (χ2v) is 6.44. The van der Waals surface area contributed by atoms with Crippen LogP contribution in [0.3, 0.4) is 0 Å². The first-order valence-corrected chi connectivity index (χ1v) is 8.95. The van der Waals surface area contributed by atoms with Gasteiger partial charge in [-0.05, 0) is 37.6 Å². The van der Waals surface area contributed by atoms with E-state index in [1.807, 2.05) is 6.92 Å². The number of halogens is 1. The fraction of sp³-hybridized carbons (Fsp3) is 0.529. The summed E-state index contributed by atoms with van der Waals surface area (Å²) in [5.41, 5.74) is 2.10. The van der Waals surface area contributed by atoms with Gasteiger partial charge in [0.05, 0.1) is 25.2 Å². The Hall–Kier alpha value is -1.52. The monoisotopic (exact) mass is 432 g/mol. The lowest BCUT2D eigenvalue weighted by Crippen LogP contribution is -2.43. The molecule has 8 nitrogen and oxygen atoms in total. The number of rotatable bonds is 12. The van der Waals surface area contributed by atoms with Crippen molar-refractivity contribution in [1.82, 2.24) is 10.8 Å². The van der Waals surface area contributed by atoms with E-state index in [1.54, 1.807) is 29.7 Å². The zero-order chi connectivity index (χ0) is 19.4. The molecule has 1 aromatic carbocycles. The zero-order valence-electron chi connectivity index (χ0n) is 14.9. The van der Waals surface area contributed by atoms with Crippen LogP contribution in [0.1, 0.15) is 23.7 Å². The first-order valence-electron chi connectivity index (χ1n) is 8.16. The van der Waals surface area contributed by atoms with Crippen molar-refractivity contribution >= 4 is 27.7 Å². The molecule has 0 aliphatic carbocycles. The van der Waals surface area contributed by atoms with Crippen molar-refractivity contribution in [3.63, 3.8) is 0 Å². The van der Waals surface area contributed by atoms with Crippen LogP contribution < -0.4 is 10.8 Å². The molecule has 0 aromatic heterocycles. The van der Waals surface area contributed by atoms with E-state index in [0.29, 0.717) is 12.2 Å². The Kier molecular flexibility index (Phi) is 11.1. The van der Waals surface area contributed by atoms with E-state index in [4.69, 9.17) is 19.4 Å². The van der Waals surface area contributed by atoms with E-state index in [-0.39, 0.29) is 32.3 Å². The van der Waals surface area contributed by atoms with Gasteiger partial charge in [0.25, 0.3) is 5.91 Å². The molecule has 0 aliphatic heterocycles. The number of nitrogens with one attached hydrogen (secondary N) is 2. The predicted molar refractivity (Wildman–Crippen MR) is 97.8 cm³/mol. The zero-order valence-corrected chi connectivity index (χ0v) is 16.5. The molecule has 0 radical (unpaired) electrons. The number of carbonyl (C=O) groups is 2. The molecule has 3 N–H and O–H groups in total. The van der Waals surface area contributed by atoms with Crippen molar-refractivity contribution in [2.75, 3.05) is 33.7 Å². The molecule has 0 aliphatic rings. The van der Waals surface area contributed by atoms with E-state index in [9.17, 15) is 9.59 Å². The van der Waals surface area contributed by atoms with E-state index in [1.165, 1.54) is 7.11 Å². The summed E-state index contributed by atoms with van der Waals surface area (Å²) in [4.78, 5) is 24.2. The minimum absolute atomic E-state index is 0.0856.